The molecule has 1 fully saturated rings. The summed E-state index contributed by atoms with van der Waals surface area (Å²) in [6, 6.07) is 13.5. The lowest BCUT2D eigenvalue weighted by molar-refractivity contribution is 0.122. The molecule has 1 aliphatic rings. The van der Waals surface area contributed by atoms with Crippen LogP contribution in [-0.4, -0.2) is 36.3 Å². The third kappa shape index (κ3) is 4.34. The zero-order valence-corrected chi connectivity index (χ0v) is 15.0. The van der Waals surface area contributed by atoms with Gasteiger partial charge < -0.3 is 20.3 Å². The predicted molar refractivity (Wildman–Crippen MR) is 104 cm³/mol. The maximum Gasteiger partial charge on any atom is 0.229 e. The van der Waals surface area contributed by atoms with Crippen molar-refractivity contribution in [1.82, 2.24) is 9.97 Å². The van der Waals surface area contributed by atoms with E-state index in [1.165, 1.54) is 24.3 Å². The summed E-state index contributed by atoms with van der Waals surface area (Å²) in [7, 11) is 0. The van der Waals surface area contributed by atoms with Crippen LogP contribution in [0.25, 0.3) is 0 Å². The van der Waals surface area contributed by atoms with Gasteiger partial charge in [0.15, 0.2) is 11.6 Å². The lowest BCUT2D eigenvalue weighted by Crippen LogP contribution is -2.36. The molecule has 0 spiro atoms. The van der Waals surface area contributed by atoms with Gasteiger partial charge in [-0.1, -0.05) is 6.07 Å². The Hall–Kier alpha value is -3.26. The predicted octanol–water partition coefficient (Wildman–Crippen LogP) is 4.08. The summed E-state index contributed by atoms with van der Waals surface area (Å²) in [5, 5.41) is 5.93. The zero-order valence-electron chi connectivity index (χ0n) is 15.0. The fourth-order valence-electron chi connectivity index (χ4n) is 2.92. The number of hydrogen-bond acceptors (Lipinski definition) is 6. The second-order valence-corrected chi connectivity index (χ2v) is 6.30. The summed E-state index contributed by atoms with van der Waals surface area (Å²) >= 11 is 0. The fourth-order valence-corrected chi connectivity index (χ4v) is 2.92. The van der Waals surface area contributed by atoms with E-state index in [2.05, 4.69) is 25.5 Å². The van der Waals surface area contributed by atoms with E-state index in [4.69, 9.17) is 4.74 Å². The molecule has 0 radical (unpaired) electrons. The van der Waals surface area contributed by atoms with Crippen LogP contribution in [0.5, 0.6) is 0 Å². The quantitative estimate of drug-likeness (QED) is 0.692. The molecule has 6 nitrogen and oxygen atoms in total. The van der Waals surface area contributed by atoms with Gasteiger partial charge in [0.1, 0.15) is 5.82 Å². The molecule has 0 atom stereocenters. The molecule has 2 heterocycles. The largest absolute Gasteiger partial charge is 0.378 e. The molecule has 0 aliphatic carbocycles. The molecule has 0 unspecified atom stereocenters. The molecular formula is C20H19F2N5O. The summed E-state index contributed by atoms with van der Waals surface area (Å²) in [5.41, 5.74) is 2.39. The van der Waals surface area contributed by atoms with E-state index < -0.39 is 5.82 Å². The highest BCUT2D eigenvalue weighted by Gasteiger charge is 2.12. The molecule has 0 bridgehead atoms. The molecule has 2 aromatic carbocycles. The summed E-state index contributed by atoms with van der Waals surface area (Å²) in [5.74, 6) is -0.702. The molecule has 8 heteroatoms. The summed E-state index contributed by atoms with van der Waals surface area (Å²) in [6.07, 6.45) is 1.09. The minimum atomic E-state index is -0.600. The highest BCUT2D eigenvalue weighted by atomic mass is 19.1. The Labute approximate surface area is 161 Å². The van der Waals surface area contributed by atoms with Crippen molar-refractivity contribution in [3.05, 3.63) is 66.4 Å². The number of hydrogen-bond donors (Lipinski definition) is 2. The maximum atomic E-state index is 14.1. The SMILES string of the molecule is Fc1ccc(Nc2nc(Nc3cccc(N4CCOCC4)c3)ncc2F)cc1. The monoisotopic (exact) mass is 383 g/mol. The van der Waals surface area contributed by atoms with Crippen LogP contribution in [0.2, 0.25) is 0 Å². The van der Waals surface area contributed by atoms with E-state index >= 15 is 0 Å². The number of nitrogens with zero attached hydrogens (tertiary/aromatic N) is 3. The van der Waals surface area contributed by atoms with Crippen LogP contribution in [0.1, 0.15) is 0 Å². The normalized spacial score (nSPS) is 14.0. The van der Waals surface area contributed by atoms with Crippen molar-refractivity contribution in [3.8, 4) is 0 Å². The van der Waals surface area contributed by atoms with Crippen molar-refractivity contribution in [2.75, 3.05) is 41.8 Å². The molecule has 144 valence electrons. The average Bonchev–Trinajstić information content (AvgIpc) is 2.73. The Balaban J connectivity index is 1.51. The van der Waals surface area contributed by atoms with Crippen LogP contribution in [0.4, 0.5) is 37.6 Å². The summed E-state index contributed by atoms with van der Waals surface area (Å²) < 4.78 is 32.5. The van der Waals surface area contributed by atoms with Gasteiger partial charge in [0.2, 0.25) is 5.95 Å². The third-order valence-electron chi connectivity index (χ3n) is 4.33. The number of aromatic nitrogens is 2. The van der Waals surface area contributed by atoms with Gasteiger partial charge >= 0.3 is 0 Å². The molecule has 2 N–H and O–H groups in total. The molecule has 0 amide bonds. The Morgan fingerprint density at radius 2 is 1.71 bits per heavy atom. The molecular weight excluding hydrogens is 364 g/mol. The Kier molecular flexibility index (Phi) is 5.29. The smallest absolute Gasteiger partial charge is 0.229 e. The van der Waals surface area contributed by atoms with E-state index in [0.717, 1.165) is 30.7 Å². The summed E-state index contributed by atoms with van der Waals surface area (Å²) in [6.45, 7) is 3.08. The number of ether oxygens (including phenoxy) is 1. The number of anilines is 5. The first-order valence-electron chi connectivity index (χ1n) is 8.92. The van der Waals surface area contributed by atoms with Gasteiger partial charge in [-0.15, -0.1) is 0 Å². The lowest BCUT2D eigenvalue weighted by atomic mass is 10.2. The zero-order chi connectivity index (χ0) is 19.3. The highest BCUT2D eigenvalue weighted by Crippen LogP contribution is 2.24. The highest BCUT2D eigenvalue weighted by molar-refractivity contribution is 5.64. The van der Waals surface area contributed by atoms with Crippen LogP contribution >= 0.6 is 0 Å². The van der Waals surface area contributed by atoms with Crippen LogP contribution < -0.4 is 15.5 Å². The van der Waals surface area contributed by atoms with Crippen molar-refractivity contribution < 1.29 is 13.5 Å². The third-order valence-corrected chi connectivity index (χ3v) is 4.33. The number of halogens is 2. The van der Waals surface area contributed by atoms with Gasteiger partial charge in [-0.25, -0.2) is 13.8 Å². The number of benzene rings is 2. The minimum Gasteiger partial charge on any atom is -0.378 e. The van der Waals surface area contributed by atoms with Crippen molar-refractivity contribution in [3.63, 3.8) is 0 Å². The molecule has 28 heavy (non-hydrogen) atoms. The first-order valence-corrected chi connectivity index (χ1v) is 8.92. The second kappa shape index (κ2) is 8.18. The molecule has 4 rings (SSSR count). The van der Waals surface area contributed by atoms with E-state index in [0.29, 0.717) is 18.9 Å². The first kappa shape index (κ1) is 18.1. The van der Waals surface area contributed by atoms with Gasteiger partial charge in [0.25, 0.3) is 0 Å². The molecule has 0 saturated carbocycles. The first-order chi connectivity index (χ1) is 13.7. The van der Waals surface area contributed by atoms with E-state index in [-0.39, 0.29) is 17.6 Å². The molecule has 1 aliphatic heterocycles. The van der Waals surface area contributed by atoms with Crippen LogP contribution in [0.15, 0.2) is 54.7 Å². The second-order valence-electron chi connectivity index (χ2n) is 6.30. The van der Waals surface area contributed by atoms with Gasteiger partial charge in [0.05, 0.1) is 19.4 Å². The van der Waals surface area contributed by atoms with E-state index in [1.807, 2.05) is 24.3 Å². The van der Waals surface area contributed by atoms with E-state index in [1.54, 1.807) is 0 Å². The van der Waals surface area contributed by atoms with Gasteiger partial charge in [0, 0.05) is 30.2 Å². The van der Waals surface area contributed by atoms with Gasteiger partial charge in [-0.05, 0) is 42.5 Å². The topological polar surface area (TPSA) is 62.3 Å². The van der Waals surface area contributed by atoms with Crippen molar-refractivity contribution >= 4 is 28.8 Å². The Bertz CT molecular complexity index is 946. The fraction of sp³-hybridized carbons (Fsp3) is 0.200. The average molecular weight is 383 g/mol. The molecule has 3 aromatic rings. The van der Waals surface area contributed by atoms with Crippen LogP contribution in [0, 0.1) is 11.6 Å². The van der Waals surface area contributed by atoms with E-state index in [9.17, 15) is 8.78 Å². The van der Waals surface area contributed by atoms with Crippen molar-refractivity contribution in [1.29, 1.82) is 0 Å². The van der Waals surface area contributed by atoms with Crippen molar-refractivity contribution in [2.45, 2.75) is 0 Å². The van der Waals surface area contributed by atoms with Crippen LogP contribution in [0.3, 0.4) is 0 Å². The summed E-state index contributed by atoms with van der Waals surface area (Å²) in [4.78, 5) is 10.4. The number of morpholine rings is 1. The number of nitrogens with one attached hydrogen (secondary N) is 2. The standard InChI is InChI=1S/C20H19F2N5O/c21-14-4-6-15(7-5-14)24-19-18(22)13-23-20(26-19)25-16-2-1-3-17(12-16)27-8-10-28-11-9-27/h1-7,12-13H,8-11H2,(H2,23,24,25,26). The lowest BCUT2D eigenvalue weighted by Gasteiger charge is -2.29. The Morgan fingerprint density at radius 3 is 2.50 bits per heavy atom. The van der Waals surface area contributed by atoms with Gasteiger partial charge in [-0.2, -0.15) is 4.98 Å². The van der Waals surface area contributed by atoms with Gasteiger partial charge in [-0.3, -0.25) is 0 Å². The van der Waals surface area contributed by atoms with Crippen molar-refractivity contribution in [2.24, 2.45) is 0 Å². The Morgan fingerprint density at radius 1 is 0.929 bits per heavy atom. The minimum absolute atomic E-state index is 0.00782. The van der Waals surface area contributed by atoms with Crippen LogP contribution in [-0.2, 0) is 4.74 Å². The maximum absolute atomic E-state index is 14.1. The molecule has 1 aromatic heterocycles. The number of rotatable bonds is 5. The molecule has 1 saturated heterocycles.